The van der Waals surface area contributed by atoms with Crippen molar-refractivity contribution < 1.29 is 8.42 Å². The molecule has 0 radical (unpaired) electrons. The van der Waals surface area contributed by atoms with E-state index in [-0.39, 0.29) is 4.90 Å². The number of sulfonamides is 1. The van der Waals surface area contributed by atoms with Gasteiger partial charge in [0, 0.05) is 12.2 Å². The standard InChI is InChI=1S/C12H19N3O2S/c1-9(10-2-3-10)8-14-18(16,17)12-6-4-11(15-13)5-7-12/h4-7,9-10,14-15H,2-3,8,13H2,1H3. The Morgan fingerprint density at radius 3 is 2.44 bits per heavy atom. The highest BCUT2D eigenvalue weighted by Crippen LogP contribution is 2.36. The predicted molar refractivity (Wildman–Crippen MR) is 71.3 cm³/mol. The second-order valence-corrected chi connectivity index (χ2v) is 6.60. The molecule has 6 heteroatoms. The van der Waals surface area contributed by atoms with Crippen LogP contribution in [0.3, 0.4) is 0 Å². The zero-order chi connectivity index (χ0) is 13.2. The average Bonchev–Trinajstić information content (AvgIpc) is 3.20. The fraction of sp³-hybridized carbons (Fsp3) is 0.500. The number of benzene rings is 1. The number of anilines is 1. The van der Waals surface area contributed by atoms with Crippen LogP contribution < -0.4 is 16.0 Å². The molecule has 1 unspecified atom stereocenters. The second-order valence-electron chi connectivity index (χ2n) is 4.84. The normalized spacial score (nSPS) is 17.4. The summed E-state index contributed by atoms with van der Waals surface area (Å²) in [5, 5.41) is 0. The van der Waals surface area contributed by atoms with Gasteiger partial charge in [0.1, 0.15) is 0 Å². The van der Waals surface area contributed by atoms with Crippen molar-refractivity contribution in [3.05, 3.63) is 24.3 Å². The molecular weight excluding hydrogens is 250 g/mol. The third-order valence-electron chi connectivity index (χ3n) is 3.35. The van der Waals surface area contributed by atoms with Gasteiger partial charge in [-0.3, -0.25) is 5.84 Å². The molecule has 1 aromatic carbocycles. The molecule has 100 valence electrons. The molecule has 1 atom stereocenters. The van der Waals surface area contributed by atoms with Crippen molar-refractivity contribution in [2.45, 2.75) is 24.7 Å². The largest absolute Gasteiger partial charge is 0.324 e. The first-order valence-electron chi connectivity index (χ1n) is 6.09. The number of hydrogen-bond acceptors (Lipinski definition) is 4. The average molecular weight is 269 g/mol. The fourth-order valence-electron chi connectivity index (χ4n) is 1.89. The van der Waals surface area contributed by atoms with Gasteiger partial charge in [0.2, 0.25) is 10.0 Å². The molecule has 1 fully saturated rings. The van der Waals surface area contributed by atoms with E-state index in [1.807, 2.05) is 0 Å². The van der Waals surface area contributed by atoms with Gasteiger partial charge in [-0.15, -0.1) is 0 Å². The minimum atomic E-state index is -3.40. The molecule has 0 saturated heterocycles. The van der Waals surface area contributed by atoms with Crippen LogP contribution in [0.2, 0.25) is 0 Å². The Morgan fingerprint density at radius 1 is 1.33 bits per heavy atom. The summed E-state index contributed by atoms with van der Waals surface area (Å²) < 4.78 is 26.7. The van der Waals surface area contributed by atoms with Gasteiger partial charge in [-0.05, 0) is 48.9 Å². The first-order valence-corrected chi connectivity index (χ1v) is 7.57. The Hall–Kier alpha value is -1.11. The lowest BCUT2D eigenvalue weighted by Crippen LogP contribution is -2.29. The molecule has 1 aromatic rings. The summed E-state index contributed by atoms with van der Waals surface area (Å²) in [6.45, 7) is 2.59. The summed E-state index contributed by atoms with van der Waals surface area (Å²) in [5.41, 5.74) is 3.14. The van der Waals surface area contributed by atoms with Crippen molar-refractivity contribution in [2.24, 2.45) is 17.7 Å². The van der Waals surface area contributed by atoms with Gasteiger partial charge in [-0.2, -0.15) is 0 Å². The van der Waals surface area contributed by atoms with Crippen molar-refractivity contribution in [1.82, 2.24) is 4.72 Å². The van der Waals surface area contributed by atoms with Crippen LogP contribution in [-0.4, -0.2) is 15.0 Å². The molecular formula is C12H19N3O2S. The maximum Gasteiger partial charge on any atom is 0.240 e. The van der Waals surface area contributed by atoms with Gasteiger partial charge >= 0.3 is 0 Å². The van der Waals surface area contributed by atoms with Gasteiger partial charge in [0.05, 0.1) is 4.90 Å². The maximum atomic E-state index is 12.0. The van der Waals surface area contributed by atoms with Crippen LogP contribution in [0.25, 0.3) is 0 Å². The van der Waals surface area contributed by atoms with Crippen LogP contribution in [0, 0.1) is 11.8 Å². The number of nitrogens with two attached hydrogens (primary N) is 1. The third-order valence-corrected chi connectivity index (χ3v) is 4.79. The summed E-state index contributed by atoms with van der Waals surface area (Å²) in [4.78, 5) is 0.268. The van der Waals surface area contributed by atoms with Crippen molar-refractivity contribution in [3.63, 3.8) is 0 Å². The monoisotopic (exact) mass is 269 g/mol. The molecule has 2 rings (SSSR count). The summed E-state index contributed by atoms with van der Waals surface area (Å²) >= 11 is 0. The highest BCUT2D eigenvalue weighted by molar-refractivity contribution is 7.89. The Labute approximate surface area is 108 Å². The molecule has 0 aliphatic heterocycles. The molecule has 0 aromatic heterocycles. The molecule has 1 saturated carbocycles. The molecule has 0 spiro atoms. The Kier molecular flexibility index (Phi) is 3.89. The molecule has 5 nitrogen and oxygen atoms in total. The zero-order valence-corrected chi connectivity index (χ0v) is 11.2. The van der Waals surface area contributed by atoms with Gasteiger partial charge in [-0.1, -0.05) is 6.92 Å². The fourth-order valence-corrected chi connectivity index (χ4v) is 3.03. The number of hydrazine groups is 1. The van der Waals surface area contributed by atoms with Crippen molar-refractivity contribution in [2.75, 3.05) is 12.0 Å². The van der Waals surface area contributed by atoms with Crippen LogP contribution in [0.15, 0.2) is 29.2 Å². The maximum absolute atomic E-state index is 12.0. The van der Waals surface area contributed by atoms with Gasteiger partial charge < -0.3 is 5.43 Å². The van der Waals surface area contributed by atoms with E-state index >= 15 is 0 Å². The lowest BCUT2D eigenvalue weighted by Gasteiger charge is -2.12. The zero-order valence-electron chi connectivity index (χ0n) is 10.4. The quantitative estimate of drug-likeness (QED) is 0.537. The molecule has 4 N–H and O–H groups in total. The van der Waals surface area contributed by atoms with Crippen LogP contribution in [-0.2, 0) is 10.0 Å². The van der Waals surface area contributed by atoms with Gasteiger partial charge in [0.25, 0.3) is 0 Å². The summed E-state index contributed by atoms with van der Waals surface area (Å²) in [6, 6.07) is 6.36. The lowest BCUT2D eigenvalue weighted by atomic mass is 10.1. The highest BCUT2D eigenvalue weighted by Gasteiger charge is 2.28. The number of nitrogens with one attached hydrogen (secondary N) is 2. The van der Waals surface area contributed by atoms with E-state index < -0.39 is 10.0 Å². The van der Waals surface area contributed by atoms with Crippen molar-refractivity contribution in [1.29, 1.82) is 0 Å². The van der Waals surface area contributed by atoms with Crippen LogP contribution in [0.4, 0.5) is 5.69 Å². The Morgan fingerprint density at radius 2 is 1.94 bits per heavy atom. The molecule has 0 bridgehead atoms. The Bertz CT molecular complexity index is 495. The van der Waals surface area contributed by atoms with Crippen molar-refractivity contribution >= 4 is 15.7 Å². The smallest absolute Gasteiger partial charge is 0.240 e. The van der Waals surface area contributed by atoms with E-state index in [2.05, 4.69) is 17.1 Å². The van der Waals surface area contributed by atoms with E-state index in [1.165, 1.54) is 12.8 Å². The van der Waals surface area contributed by atoms with Crippen LogP contribution >= 0.6 is 0 Å². The third kappa shape index (κ3) is 3.22. The SMILES string of the molecule is CC(CNS(=O)(=O)c1ccc(NN)cc1)C1CC1. The molecule has 1 aliphatic rings. The molecule has 0 heterocycles. The number of nitrogen functional groups attached to an aromatic ring is 1. The minimum absolute atomic E-state index is 0.268. The van der Waals surface area contributed by atoms with Crippen LogP contribution in [0.1, 0.15) is 19.8 Å². The first kappa shape index (κ1) is 13.3. The molecule has 0 amide bonds. The van der Waals surface area contributed by atoms with Gasteiger partial charge in [0.15, 0.2) is 0 Å². The lowest BCUT2D eigenvalue weighted by molar-refractivity contribution is 0.492. The van der Waals surface area contributed by atoms with E-state index in [1.54, 1.807) is 24.3 Å². The van der Waals surface area contributed by atoms with E-state index in [0.717, 1.165) is 0 Å². The summed E-state index contributed by atoms with van der Waals surface area (Å²) in [5.74, 6) is 6.33. The first-order chi connectivity index (χ1) is 8.53. The van der Waals surface area contributed by atoms with E-state index in [9.17, 15) is 8.42 Å². The molecule has 18 heavy (non-hydrogen) atoms. The number of rotatable bonds is 6. The van der Waals surface area contributed by atoms with E-state index in [0.29, 0.717) is 24.1 Å². The molecule has 1 aliphatic carbocycles. The Balaban J connectivity index is 1.99. The predicted octanol–water partition coefficient (Wildman–Crippen LogP) is 1.30. The minimum Gasteiger partial charge on any atom is -0.324 e. The van der Waals surface area contributed by atoms with Gasteiger partial charge in [-0.25, -0.2) is 13.1 Å². The summed E-state index contributed by atoms with van der Waals surface area (Å²) in [7, 11) is -3.40. The topological polar surface area (TPSA) is 84.2 Å². The highest BCUT2D eigenvalue weighted by atomic mass is 32.2. The number of hydrogen-bond donors (Lipinski definition) is 3. The summed E-state index contributed by atoms with van der Waals surface area (Å²) in [6.07, 6.45) is 2.44. The van der Waals surface area contributed by atoms with E-state index in [4.69, 9.17) is 5.84 Å². The van der Waals surface area contributed by atoms with Crippen LogP contribution in [0.5, 0.6) is 0 Å². The second kappa shape index (κ2) is 5.26. The van der Waals surface area contributed by atoms with Crippen molar-refractivity contribution in [3.8, 4) is 0 Å².